The summed E-state index contributed by atoms with van der Waals surface area (Å²) in [6, 6.07) is 16.0. The Bertz CT molecular complexity index is 1510. The Kier molecular flexibility index (Phi) is 7.37. The third kappa shape index (κ3) is 5.44. The molecule has 1 saturated heterocycles. The molecule has 1 fully saturated rings. The highest BCUT2D eigenvalue weighted by atomic mass is 32.2. The molecule has 0 bridgehead atoms. The van der Waals surface area contributed by atoms with Gasteiger partial charge in [0, 0.05) is 24.8 Å². The summed E-state index contributed by atoms with van der Waals surface area (Å²) in [6.07, 6.45) is 5.55. The molecule has 0 saturated carbocycles. The normalized spacial score (nSPS) is 15.0. The molecule has 3 heterocycles. The molecule has 0 unspecified atom stereocenters. The largest absolute Gasteiger partial charge is 0.278 e. The van der Waals surface area contributed by atoms with Crippen LogP contribution < -0.4 is 4.90 Å². The second-order valence-corrected chi connectivity index (χ2v) is 12.4. The number of sulfonamides is 1. The van der Waals surface area contributed by atoms with Crippen molar-refractivity contribution in [3.8, 4) is 0 Å². The number of carbonyl (C=O) groups is 1. The molecule has 0 spiro atoms. The van der Waals surface area contributed by atoms with Gasteiger partial charge in [0.25, 0.3) is 5.91 Å². The fourth-order valence-corrected chi connectivity index (χ4v) is 7.37. The number of anilines is 1. The number of nitrogens with zero attached hydrogens (tertiary/aromatic N) is 4. The standard InChI is InChI=1S/C28H30N4O3S2/c1-20-17-21(2)26-25(18-20)36-28(30-26)32(19-23-9-5-6-14-29-23)27(33)22-10-12-24(13-11-22)37(34,35)31-15-7-3-4-8-16-31/h5-6,9-14,17-18H,3-4,7-8,15-16,19H2,1-2H3. The minimum Gasteiger partial charge on any atom is -0.278 e. The lowest BCUT2D eigenvalue weighted by molar-refractivity contribution is 0.0984. The number of aromatic nitrogens is 2. The van der Waals surface area contributed by atoms with Crippen molar-refractivity contribution in [2.24, 2.45) is 0 Å². The molecule has 0 N–H and O–H groups in total. The van der Waals surface area contributed by atoms with E-state index >= 15 is 0 Å². The maximum atomic E-state index is 13.8. The second-order valence-electron chi connectivity index (χ2n) is 9.48. The Morgan fingerprint density at radius 2 is 1.73 bits per heavy atom. The first kappa shape index (κ1) is 25.5. The smallest absolute Gasteiger partial charge is 0.260 e. The molecular formula is C28H30N4O3S2. The Hall–Kier alpha value is -3.14. The first-order valence-corrected chi connectivity index (χ1v) is 14.8. The van der Waals surface area contributed by atoms with Crippen LogP contribution in [0.2, 0.25) is 0 Å². The number of fused-ring (bicyclic) bond motifs is 1. The molecule has 1 aliphatic heterocycles. The summed E-state index contributed by atoms with van der Waals surface area (Å²) in [7, 11) is -3.59. The van der Waals surface area contributed by atoms with Gasteiger partial charge >= 0.3 is 0 Å². The van der Waals surface area contributed by atoms with Crippen LogP contribution in [0.25, 0.3) is 10.2 Å². The topological polar surface area (TPSA) is 83.5 Å². The van der Waals surface area contributed by atoms with Crippen molar-refractivity contribution in [1.82, 2.24) is 14.3 Å². The van der Waals surface area contributed by atoms with Gasteiger partial charge in [0.15, 0.2) is 5.13 Å². The summed E-state index contributed by atoms with van der Waals surface area (Å²) >= 11 is 1.47. The van der Waals surface area contributed by atoms with Crippen LogP contribution in [0, 0.1) is 13.8 Å². The fourth-order valence-electron chi connectivity index (χ4n) is 4.71. The minimum absolute atomic E-state index is 0.216. The highest BCUT2D eigenvalue weighted by Gasteiger charge is 2.27. The average Bonchev–Trinajstić information content (AvgIpc) is 3.12. The third-order valence-electron chi connectivity index (χ3n) is 6.64. The number of aryl methyl sites for hydroxylation is 2. The molecule has 5 rings (SSSR count). The van der Waals surface area contributed by atoms with E-state index in [1.165, 1.54) is 23.5 Å². The van der Waals surface area contributed by atoms with Crippen LogP contribution in [0.1, 0.15) is 52.9 Å². The van der Waals surface area contributed by atoms with Gasteiger partial charge in [-0.15, -0.1) is 0 Å². The van der Waals surface area contributed by atoms with Crippen molar-refractivity contribution in [2.75, 3.05) is 18.0 Å². The van der Waals surface area contributed by atoms with E-state index in [4.69, 9.17) is 4.98 Å². The molecule has 9 heteroatoms. The van der Waals surface area contributed by atoms with Gasteiger partial charge in [-0.05, 0) is 80.3 Å². The molecule has 1 aliphatic rings. The Morgan fingerprint density at radius 3 is 2.41 bits per heavy atom. The zero-order valence-corrected chi connectivity index (χ0v) is 22.7. The quantitative estimate of drug-likeness (QED) is 0.316. The molecular weight excluding hydrogens is 504 g/mol. The predicted octanol–water partition coefficient (Wildman–Crippen LogP) is 5.72. The monoisotopic (exact) mass is 534 g/mol. The van der Waals surface area contributed by atoms with E-state index in [1.54, 1.807) is 27.5 Å². The first-order chi connectivity index (χ1) is 17.8. The second kappa shape index (κ2) is 10.7. The molecule has 192 valence electrons. The number of hydrogen-bond acceptors (Lipinski definition) is 6. The van der Waals surface area contributed by atoms with Crippen LogP contribution in [-0.2, 0) is 16.6 Å². The summed E-state index contributed by atoms with van der Waals surface area (Å²) in [5, 5.41) is 0.584. The van der Waals surface area contributed by atoms with E-state index in [2.05, 4.69) is 17.1 Å². The lowest BCUT2D eigenvalue weighted by Crippen LogP contribution is -2.32. The van der Waals surface area contributed by atoms with E-state index in [1.807, 2.05) is 32.0 Å². The van der Waals surface area contributed by atoms with Crippen LogP contribution in [0.15, 0.2) is 65.7 Å². The molecule has 2 aromatic heterocycles. The van der Waals surface area contributed by atoms with Crippen molar-refractivity contribution in [2.45, 2.75) is 51.0 Å². The lowest BCUT2D eigenvalue weighted by Gasteiger charge is -2.21. The van der Waals surface area contributed by atoms with E-state index in [9.17, 15) is 13.2 Å². The van der Waals surface area contributed by atoms with E-state index in [0.29, 0.717) is 23.8 Å². The van der Waals surface area contributed by atoms with Gasteiger partial charge in [0.1, 0.15) is 0 Å². The van der Waals surface area contributed by atoms with E-state index < -0.39 is 10.0 Å². The zero-order chi connectivity index (χ0) is 26.0. The van der Waals surface area contributed by atoms with Crippen LogP contribution in [0.5, 0.6) is 0 Å². The number of thiazole rings is 1. The van der Waals surface area contributed by atoms with Crippen molar-refractivity contribution >= 4 is 42.6 Å². The van der Waals surface area contributed by atoms with Crippen molar-refractivity contribution in [3.05, 3.63) is 83.2 Å². The number of hydrogen-bond donors (Lipinski definition) is 0. The highest BCUT2D eigenvalue weighted by Crippen LogP contribution is 2.33. The average molecular weight is 535 g/mol. The van der Waals surface area contributed by atoms with Crippen LogP contribution >= 0.6 is 11.3 Å². The lowest BCUT2D eigenvalue weighted by atomic mass is 10.1. The van der Waals surface area contributed by atoms with Gasteiger partial charge in [0.05, 0.1) is 27.4 Å². The van der Waals surface area contributed by atoms with Gasteiger partial charge in [-0.3, -0.25) is 14.7 Å². The van der Waals surface area contributed by atoms with Gasteiger partial charge in [-0.2, -0.15) is 4.31 Å². The molecule has 37 heavy (non-hydrogen) atoms. The van der Waals surface area contributed by atoms with Crippen LogP contribution in [0.4, 0.5) is 5.13 Å². The molecule has 4 aromatic rings. The van der Waals surface area contributed by atoms with Crippen molar-refractivity contribution in [1.29, 1.82) is 0 Å². The molecule has 7 nitrogen and oxygen atoms in total. The van der Waals surface area contributed by atoms with Crippen LogP contribution in [-0.4, -0.2) is 41.7 Å². The molecule has 0 atom stereocenters. The third-order valence-corrected chi connectivity index (χ3v) is 9.58. The number of carbonyl (C=O) groups excluding carboxylic acids is 1. The van der Waals surface area contributed by atoms with E-state index in [-0.39, 0.29) is 17.3 Å². The Morgan fingerprint density at radius 1 is 1.00 bits per heavy atom. The van der Waals surface area contributed by atoms with Gasteiger partial charge in [0.2, 0.25) is 10.0 Å². The zero-order valence-electron chi connectivity index (χ0n) is 21.1. The fraction of sp³-hybridized carbons (Fsp3) is 0.321. The number of pyridine rings is 1. The highest BCUT2D eigenvalue weighted by molar-refractivity contribution is 7.89. The Labute approximate surface area is 221 Å². The summed E-state index contributed by atoms with van der Waals surface area (Å²) in [4.78, 5) is 24.9. The van der Waals surface area contributed by atoms with Crippen molar-refractivity contribution < 1.29 is 13.2 Å². The van der Waals surface area contributed by atoms with Gasteiger partial charge in [-0.1, -0.05) is 36.3 Å². The summed E-state index contributed by atoms with van der Waals surface area (Å²) < 4.78 is 29.0. The minimum atomic E-state index is -3.59. The Balaban J connectivity index is 1.47. The first-order valence-electron chi connectivity index (χ1n) is 12.5. The van der Waals surface area contributed by atoms with Crippen LogP contribution in [0.3, 0.4) is 0 Å². The molecule has 0 radical (unpaired) electrons. The predicted molar refractivity (Wildman–Crippen MR) is 148 cm³/mol. The maximum absolute atomic E-state index is 13.8. The summed E-state index contributed by atoms with van der Waals surface area (Å²) in [5.41, 5.74) is 4.22. The summed E-state index contributed by atoms with van der Waals surface area (Å²) in [5.74, 6) is -0.252. The molecule has 2 aromatic carbocycles. The van der Waals surface area contributed by atoms with Gasteiger partial charge in [-0.25, -0.2) is 13.4 Å². The SMILES string of the molecule is Cc1cc(C)c2nc(N(Cc3ccccn3)C(=O)c3ccc(S(=O)(=O)N4CCCCCC4)cc3)sc2c1. The number of benzene rings is 2. The van der Waals surface area contributed by atoms with Gasteiger partial charge < -0.3 is 0 Å². The number of rotatable bonds is 6. The maximum Gasteiger partial charge on any atom is 0.260 e. The molecule has 1 amide bonds. The molecule has 0 aliphatic carbocycles. The van der Waals surface area contributed by atoms with E-state index in [0.717, 1.165) is 52.7 Å². The summed E-state index contributed by atoms with van der Waals surface area (Å²) in [6.45, 7) is 5.40. The number of amides is 1. The van der Waals surface area contributed by atoms with Crippen molar-refractivity contribution in [3.63, 3.8) is 0 Å².